The van der Waals surface area contributed by atoms with Crippen molar-refractivity contribution in [1.82, 2.24) is 15.2 Å². The van der Waals surface area contributed by atoms with E-state index in [0.29, 0.717) is 32.7 Å². The molecule has 1 aromatic rings. The number of halogens is 1. The molecule has 0 bridgehead atoms. The molecule has 6 nitrogen and oxygen atoms in total. The summed E-state index contributed by atoms with van der Waals surface area (Å²) in [6.07, 6.45) is 2.76. The highest BCUT2D eigenvalue weighted by atomic mass is 19.1. The minimum atomic E-state index is -0.551. The lowest BCUT2D eigenvalue weighted by atomic mass is 10.1. The summed E-state index contributed by atoms with van der Waals surface area (Å²) in [6.45, 7) is 2.04. The maximum Gasteiger partial charge on any atom is 0.252 e. The number of pyridine rings is 1. The van der Waals surface area contributed by atoms with Crippen molar-refractivity contribution in [2.45, 2.75) is 6.42 Å². The molecule has 2 amide bonds. The Kier molecular flexibility index (Phi) is 5.21. The molecule has 1 aliphatic heterocycles. The molecule has 1 fully saturated rings. The van der Waals surface area contributed by atoms with Gasteiger partial charge >= 0.3 is 0 Å². The Morgan fingerprint density at radius 2 is 2.38 bits per heavy atom. The van der Waals surface area contributed by atoms with Gasteiger partial charge in [-0.05, 0) is 6.07 Å². The first-order valence-corrected chi connectivity index (χ1v) is 6.75. The smallest absolute Gasteiger partial charge is 0.252 e. The van der Waals surface area contributed by atoms with E-state index in [4.69, 9.17) is 4.74 Å². The lowest BCUT2D eigenvalue weighted by Gasteiger charge is -2.16. The van der Waals surface area contributed by atoms with Gasteiger partial charge in [-0.1, -0.05) is 0 Å². The van der Waals surface area contributed by atoms with E-state index in [1.165, 1.54) is 6.20 Å². The van der Waals surface area contributed by atoms with E-state index in [1.807, 2.05) is 0 Å². The van der Waals surface area contributed by atoms with Gasteiger partial charge in [-0.3, -0.25) is 14.6 Å². The van der Waals surface area contributed by atoms with Crippen LogP contribution in [0.2, 0.25) is 0 Å². The van der Waals surface area contributed by atoms with Crippen LogP contribution >= 0.6 is 0 Å². The highest BCUT2D eigenvalue weighted by molar-refractivity contribution is 5.93. The van der Waals surface area contributed by atoms with Gasteiger partial charge in [0.2, 0.25) is 5.91 Å². The quantitative estimate of drug-likeness (QED) is 0.827. The average molecular weight is 295 g/mol. The number of nitrogens with zero attached hydrogens (tertiary/aromatic N) is 2. The van der Waals surface area contributed by atoms with Crippen molar-refractivity contribution in [3.8, 4) is 0 Å². The molecule has 1 aromatic heterocycles. The normalized spacial score (nSPS) is 18.1. The monoisotopic (exact) mass is 295 g/mol. The molecule has 7 heteroatoms. The largest absolute Gasteiger partial charge is 0.383 e. The van der Waals surface area contributed by atoms with E-state index >= 15 is 0 Å². The molecule has 0 aliphatic carbocycles. The number of amides is 2. The summed E-state index contributed by atoms with van der Waals surface area (Å²) in [7, 11) is 1.59. The maximum absolute atomic E-state index is 13.0. The van der Waals surface area contributed by atoms with E-state index in [2.05, 4.69) is 10.3 Å². The SMILES string of the molecule is COCCN1CC(CNC(=O)c2cncc(F)c2)CC1=O. The number of rotatable bonds is 6. The number of carbonyl (C=O) groups excluding carboxylic acids is 2. The Morgan fingerprint density at radius 1 is 1.57 bits per heavy atom. The molecule has 1 atom stereocenters. The van der Waals surface area contributed by atoms with Gasteiger partial charge in [0, 0.05) is 45.3 Å². The first-order chi connectivity index (χ1) is 10.1. The summed E-state index contributed by atoms with van der Waals surface area (Å²) in [5, 5.41) is 2.71. The van der Waals surface area contributed by atoms with E-state index in [1.54, 1.807) is 12.0 Å². The van der Waals surface area contributed by atoms with Crippen LogP contribution in [-0.4, -0.2) is 55.0 Å². The predicted octanol–water partition coefficient (Wildman–Crippen LogP) is 0.445. The number of hydrogen-bond donors (Lipinski definition) is 1. The van der Waals surface area contributed by atoms with E-state index in [0.717, 1.165) is 12.3 Å². The van der Waals surface area contributed by atoms with Crippen molar-refractivity contribution in [3.05, 3.63) is 29.8 Å². The predicted molar refractivity (Wildman–Crippen MR) is 73.1 cm³/mol. The molecule has 0 aromatic carbocycles. The van der Waals surface area contributed by atoms with Gasteiger partial charge in [0.05, 0.1) is 18.4 Å². The highest BCUT2D eigenvalue weighted by Crippen LogP contribution is 2.16. The molecule has 2 heterocycles. The second-order valence-electron chi connectivity index (χ2n) is 5.00. The van der Waals surface area contributed by atoms with Crippen LogP contribution in [0.4, 0.5) is 4.39 Å². The Hall–Kier alpha value is -2.02. The fourth-order valence-electron chi connectivity index (χ4n) is 2.28. The van der Waals surface area contributed by atoms with Gasteiger partial charge < -0.3 is 15.0 Å². The fraction of sp³-hybridized carbons (Fsp3) is 0.500. The number of aromatic nitrogens is 1. The first-order valence-electron chi connectivity index (χ1n) is 6.75. The molecule has 1 saturated heterocycles. The zero-order valence-electron chi connectivity index (χ0n) is 11.8. The third-order valence-corrected chi connectivity index (χ3v) is 3.38. The van der Waals surface area contributed by atoms with Crippen molar-refractivity contribution in [3.63, 3.8) is 0 Å². The third kappa shape index (κ3) is 4.22. The van der Waals surface area contributed by atoms with Gasteiger partial charge in [0.25, 0.3) is 5.91 Å². The van der Waals surface area contributed by atoms with E-state index in [9.17, 15) is 14.0 Å². The fourth-order valence-corrected chi connectivity index (χ4v) is 2.28. The zero-order valence-corrected chi connectivity index (χ0v) is 11.8. The second-order valence-corrected chi connectivity index (χ2v) is 5.00. The Bertz CT molecular complexity index is 524. The van der Waals surface area contributed by atoms with Crippen LogP contribution in [0.1, 0.15) is 16.8 Å². The van der Waals surface area contributed by atoms with E-state index in [-0.39, 0.29) is 23.3 Å². The van der Waals surface area contributed by atoms with Crippen molar-refractivity contribution in [2.24, 2.45) is 5.92 Å². The van der Waals surface area contributed by atoms with Gasteiger partial charge in [0.15, 0.2) is 0 Å². The van der Waals surface area contributed by atoms with Gasteiger partial charge in [-0.2, -0.15) is 0 Å². The molecule has 0 saturated carbocycles. The van der Waals surface area contributed by atoms with Crippen LogP contribution in [0, 0.1) is 11.7 Å². The maximum atomic E-state index is 13.0. The molecular weight excluding hydrogens is 277 g/mol. The number of methoxy groups -OCH3 is 1. The average Bonchev–Trinajstić information content (AvgIpc) is 2.83. The topological polar surface area (TPSA) is 71.5 Å². The molecular formula is C14H18FN3O3. The summed E-state index contributed by atoms with van der Waals surface area (Å²) < 4.78 is 17.9. The zero-order chi connectivity index (χ0) is 15.2. The number of ether oxygens (including phenoxy) is 1. The van der Waals surface area contributed by atoms with Crippen LogP contribution in [0.3, 0.4) is 0 Å². The second kappa shape index (κ2) is 7.12. The van der Waals surface area contributed by atoms with Crippen molar-refractivity contribution in [2.75, 3.05) is 33.4 Å². The Labute approximate surface area is 122 Å². The molecule has 1 aliphatic rings. The molecule has 114 valence electrons. The summed E-state index contributed by atoms with van der Waals surface area (Å²) >= 11 is 0. The number of nitrogens with one attached hydrogen (secondary N) is 1. The molecule has 1 unspecified atom stereocenters. The van der Waals surface area contributed by atoms with Gasteiger partial charge in [-0.25, -0.2) is 4.39 Å². The number of carbonyl (C=O) groups is 2. The van der Waals surface area contributed by atoms with Crippen molar-refractivity contribution in [1.29, 1.82) is 0 Å². The third-order valence-electron chi connectivity index (χ3n) is 3.38. The van der Waals surface area contributed by atoms with Crippen LogP contribution in [-0.2, 0) is 9.53 Å². The van der Waals surface area contributed by atoms with Crippen LogP contribution in [0.5, 0.6) is 0 Å². The minimum absolute atomic E-state index is 0.0683. The first kappa shape index (κ1) is 15.4. The van der Waals surface area contributed by atoms with Crippen molar-refractivity contribution >= 4 is 11.8 Å². The number of hydrogen-bond acceptors (Lipinski definition) is 4. The summed E-state index contributed by atoms with van der Waals surface area (Å²) in [5.41, 5.74) is 0.176. The highest BCUT2D eigenvalue weighted by Gasteiger charge is 2.29. The lowest BCUT2D eigenvalue weighted by Crippen LogP contribution is -2.32. The Balaban J connectivity index is 1.81. The lowest BCUT2D eigenvalue weighted by molar-refractivity contribution is -0.128. The molecule has 21 heavy (non-hydrogen) atoms. The standard InChI is InChI=1S/C14H18FN3O3/c1-21-3-2-18-9-10(4-13(18)19)6-17-14(20)11-5-12(15)8-16-7-11/h5,7-8,10H,2-4,6,9H2,1H3,(H,17,20). The van der Waals surface area contributed by atoms with Crippen molar-refractivity contribution < 1.29 is 18.7 Å². The van der Waals surface area contributed by atoms with Gasteiger partial charge in [-0.15, -0.1) is 0 Å². The molecule has 2 rings (SSSR count). The molecule has 1 N–H and O–H groups in total. The summed E-state index contributed by atoms with van der Waals surface area (Å²) in [4.78, 5) is 29.0. The number of likely N-dealkylation sites (tertiary alicyclic amines) is 1. The van der Waals surface area contributed by atoms with Crippen LogP contribution in [0.25, 0.3) is 0 Å². The van der Waals surface area contributed by atoms with Crippen LogP contribution in [0.15, 0.2) is 18.5 Å². The molecule has 0 spiro atoms. The minimum Gasteiger partial charge on any atom is -0.383 e. The van der Waals surface area contributed by atoms with Gasteiger partial charge in [0.1, 0.15) is 5.82 Å². The van der Waals surface area contributed by atoms with E-state index < -0.39 is 5.82 Å². The summed E-state index contributed by atoms with van der Waals surface area (Å²) in [5.74, 6) is -0.798. The summed E-state index contributed by atoms with van der Waals surface area (Å²) in [6, 6.07) is 1.13. The molecule has 0 radical (unpaired) electrons. The van der Waals surface area contributed by atoms with Crippen LogP contribution < -0.4 is 5.32 Å². The Morgan fingerprint density at radius 3 is 3.10 bits per heavy atom.